The first-order valence-electron chi connectivity index (χ1n) is 10.3. The van der Waals surface area contributed by atoms with Crippen molar-refractivity contribution in [3.63, 3.8) is 0 Å². The number of carbonyl (C=O) groups is 1. The number of amides is 1. The number of benzene rings is 3. The fourth-order valence-corrected chi connectivity index (χ4v) is 4.70. The fraction of sp³-hybridized carbons (Fsp3) is 0.0833. The van der Waals surface area contributed by atoms with E-state index in [0.29, 0.717) is 16.3 Å². The van der Waals surface area contributed by atoms with Crippen molar-refractivity contribution in [3.05, 3.63) is 83.5 Å². The maximum absolute atomic E-state index is 13.1. The molecule has 186 valence electrons. The number of aromatic amines is 1. The van der Waals surface area contributed by atoms with E-state index in [2.05, 4.69) is 20.3 Å². The molecule has 0 saturated heterocycles. The van der Waals surface area contributed by atoms with Crippen LogP contribution in [-0.4, -0.2) is 38.2 Å². The quantitative estimate of drug-likeness (QED) is 0.313. The molecule has 3 aromatic carbocycles. The zero-order valence-electron chi connectivity index (χ0n) is 18.5. The van der Waals surface area contributed by atoms with Gasteiger partial charge in [-0.3, -0.25) is 9.89 Å². The Labute approximate surface area is 209 Å². The molecule has 4 aromatic rings. The Morgan fingerprint density at radius 1 is 0.972 bits per heavy atom. The van der Waals surface area contributed by atoms with Gasteiger partial charge >= 0.3 is 6.61 Å². The molecule has 0 radical (unpaired) electrons. The lowest BCUT2D eigenvalue weighted by atomic mass is 10.1. The first-order chi connectivity index (χ1) is 17.2. The molecule has 1 amide bonds. The number of halogens is 3. The van der Waals surface area contributed by atoms with Crippen molar-refractivity contribution in [1.82, 2.24) is 10.2 Å². The smallest absolute Gasteiger partial charge is 0.387 e. The van der Waals surface area contributed by atoms with Gasteiger partial charge in [-0.25, -0.2) is 8.42 Å². The van der Waals surface area contributed by atoms with Gasteiger partial charge < -0.3 is 14.8 Å². The number of aromatic nitrogens is 2. The maximum atomic E-state index is 13.1. The van der Waals surface area contributed by atoms with Gasteiger partial charge in [0.2, 0.25) is 9.84 Å². The summed E-state index contributed by atoms with van der Waals surface area (Å²) < 4.78 is 60.4. The highest BCUT2D eigenvalue weighted by Crippen LogP contribution is 2.29. The van der Waals surface area contributed by atoms with Gasteiger partial charge in [0.05, 0.1) is 22.6 Å². The van der Waals surface area contributed by atoms with Crippen LogP contribution in [0.25, 0.3) is 11.3 Å². The van der Waals surface area contributed by atoms with Crippen LogP contribution in [0.1, 0.15) is 10.5 Å². The number of nitrogens with zero attached hydrogens (tertiary/aromatic N) is 1. The van der Waals surface area contributed by atoms with E-state index < -0.39 is 22.4 Å². The zero-order valence-corrected chi connectivity index (χ0v) is 20.1. The predicted octanol–water partition coefficient (Wildman–Crippen LogP) is 5.43. The molecule has 0 fully saturated rings. The standard InChI is InChI=1S/C24H18ClF2N3O5S/c1-34-18-10-16(11-20(12-18)36(32,33)19-8-4-15(25)5-9-19)28-23(31)22-13-21(29-30-22)14-2-6-17(7-3-14)35-24(26)27/h2-13,24H,1H3,(H,28,31)(H,29,30). The highest BCUT2D eigenvalue weighted by Gasteiger charge is 2.21. The van der Waals surface area contributed by atoms with E-state index in [-0.39, 0.29) is 32.7 Å². The van der Waals surface area contributed by atoms with E-state index in [1.54, 1.807) is 0 Å². The van der Waals surface area contributed by atoms with Crippen molar-refractivity contribution in [1.29, 1.82) is 0 Å². The SMILES string of the molecule is COc1cc(NC(=O)c2cc(-c3ccc(OC(F)F)cc3)n[nH]2)cc(S(=O)(=O)c2ccc(Cl)cc2)c1. The summed E-state index contributed by atoms with van der Waals surface area (Å²) in [6, 6.07) is 17.0. The topological polar surface area (TPSA) is 110 Å². The van der Waals surface area contributed by atoms with Gasteiger partial charge in [-0.15, -0.1) is 0 Å². The number of hydrogen-bond acceptors (Lipinski definition) is 6. The van der Waals surface area contributed by atoms with Gasteiger partial charge in [0.15, 0.2) is 0 Å². The fourth-order valence-electron chi connectivity index (χ4n) is 3.26. The minimum atomic E-state index is -3.92. The van der Waals surface area contributed by atoms with E-state index in [9.17, 15) is 22.0 Å². The van der Waals surface area contributed by atoms with E-state index in [0.717, 1.165) is 0 Å². The molecule has 1 heterocycles. The van der Waals surface area contributed by atoms with Crippen molar-refractivity contribution in [3.8, 4) is 22.8 Å². The van der Waals surface area contributed by atoms with Crippen LogP contribution >= 0.6 is 11.6 Å². The molecular formula is C24H18ClF2N3O5S. The summed E-state index contributed by atoms with van der Waals surface area (Å²) in [5, 5.41) is 9.69. The minimum Gasteiger partial charge on any atom is -0.497 e. The molecular weight excluding hydrogens is 516 g/mol. The Hall–Kier alpha value is -3.96. The summed E-state index contributed by atoms with van der Waals surface area (Å²) in [6.07, 6.45) is 0. The summed E-state index contributed by atoms with van der Waals surface area (Å²) in [7, 11) is -2.55. The van der Waals surface area contributed by atoms with Crippen molar-refractivity contribution in [2.24, 2.45) is 0 Å². The molecule has 0 aliphatic rings. The lowest BCUT2D eigenvalue weighted by molar-refractivity contribution is -0.0498. The van der Waals surface area contributed by atoms with Crippen LogP contribution in [-0.2, 0) is 9.84 Å². The third kappa shape index (κ3) is 5.64. The molecule has 0 aliphatic heterocycles. The molecule has 0 spiro atoms. The van der Waals surface area contributed by atoms with Crippen LogP contribution in [0.4, 0.5) is 14.5 Å². The Morgan fingerprint density at radius 3 is 2.31 bits per heavy atom. The molecule has 8 nitrogen and oxygen atoms in total. The number of ether oxygens (including phenoxy) is 2. The molecule has 4 rings (SSSR count). The van der Waals surface area contributed by atoms with Crippen LogP contribution in [0.5, 0.6) is 11.5 Å². The first-order valence-corrected chi connectivity index (χ1v) is 12.1. The van der Waals surface area contributed by atoms with Crippen LogP contribution in [0.15, 0.2) is 82.6 Å². The first kappa shape index (κ1) is 25.1. The molecule has 36 heavy (non-hydrogen) atoms. The number of sulfone groups is 1. The van der Waals surface area contributed by atoms with Crippen molar-refractivity contribution in [2.75, 3.05) is 12.4 Å². The highest BCUT2D eigenvalue weighted by molar-refractivity contribution is 7.91. The number of anilines is 1. The van der Waals surface area contributed by atoms with Crippen LogP contribution < -0.4 is 14.8 Å². The van der Waals surface area contributed by atoms with Gasteiger partial charge in [-0.1, -0.05) is 11.6 Å². The summed E-state index contributed by atoms with van der Waals surface area (Å²) in [5.41, 5.74) is 1.21. The lowest BCUT2D eigenvalue weighted by Crippen LogP contribution is -2.13. The molecule has 1 aromatic heterocycles. The molecule has 0 saturated carbocycles. The number of methoxy groups -OCH3 is 1. The second-order valence-corrected chi connectivity index (χ2v) is 9.76. The Balaban J connectivity index is 1.56. The second kappa shape index (κ2) is 10.3. The minimum absolute atomic E-state index is 0.00960. The van der Waals surface area contributed by atoms with Crippen LogP contribution in [0, 0.1) is 0 Å². The van der Waals surface area contributed by atoms with Crippen LogP contribution in [0.2, 0.25) is 5.02 Å². The largest absolute Gasteiger partial charge is 0.497 e. The number of nitrogens with one attached hydrogen (secondary N) is 2. The number of carbonyl (C=O) groups excluding carboxylic acids is 1. The highest BCUT2D eigenvalue weighted by atomic mass is 35.5. The summed E-state index contributed by atoms with van der Waals surface area (Å²) >= 11 is 5.86. The number of hydrogen-bond donors (Lipinski definition) is 2. The summed E-state index contributed by atoms with van der Waals surface area (Å²) in [5.74, 6) is -0.379. The summed E-state index contributed by atoms with van der Waals surface area (Å²) in [4.78, 5) is 12.8. The van der Waals surface area contributed by atoms with E-state index in [4.69, 9.17) is 16.3 Å². The monoisotopic (exact) mass is 533 g/mol. The molecule has 0 atom stereocenters. The van der Waals surface area contributed by atoms with Gasteiger partial charge in [0.25, 0.3) is 5.91 Å². The van der Waals surface area contributed by atoms with Crippen LogP contribution in [0.3, 0.4) is 0 Å². The third-order valence-electron chi connectivity index (χ3n) is 5.01. The van der Waals surface area contributed by atoms with Gasteiger partial charge in [-0.05, 0) is 66.7 Å². The molecule has 12 heteroatoms. The van der Waals surface area contributed by atoms with Gasteiger partial charge in [-0.2, -0.15) is 13.9 Å². The molecule has 0 aliphatic carbocycles. The zero-order chi connectivity index (χ0) is 25.9. The van der Waals surface area contributed by atoms with Crippen molar-refractivity contribution >= 4 is 33.0 Å². The van der Waals surface area contributed by atoms with E-state index >= 15 is 0 Å². The van der Waals surface area contributed by atoms with Crippen molar-refractivity contribution in [2.45, 2.75) is 16.4 Å². The third-order valence-corrected chi connectivity index (χ3v) is 7.01. The average molecular weight is 534 g/mol. The Morgan fingerprint density at radius 2 is 1.67 bits per heavy atom. The summed E-state index contributed by atoms with van der Waals surface area (Å²) in [6.45, 7) is -2.94. The Bertz CT molecular complexity index is 1490. The average Bonchev–Trinajstić information content (AvgIpc) is 3.35. The molecule has 0 unspecified atom stereocenters. The van der Waals surface area contributed by atoms with E-state index in [1.165, 1.54) is 79.9 Å². The van der Waals surface area contributed by atoms with Gasteiger partial charge in [0.1, 0.15) is 17.2 Å². The predicted molar refractivity (Wildman–Crippen MR) is 129 cm³/mol. The Kier molecular flexibility index (Phi) is 7.22. The van der Waals surface area contributed by atoms with Gasteiger partial charge in [0, 0.05) is 22.3 Å². The maximum Gasteiger partial charge on any atom is 0.387 e. The molecule has 0 bridgehead atoms. The number of rotatable bonds is 8. The second-order valence-electron chi connectivity index (χ2n) is 7.38. The normalized spacial score (nSPS) is 11.4. The van der Waals surface area contributed by atoms with Crippen molar-refractivity contribution < 1.29 is 31.5 Å². The number of alkyl halides is 2. The van der Waals surface area contributed by atoms with E-state index in [1.807, 2.05) is 0 Å². The lowest BCUT2D eigenvalue weighted by Gasteiger charge is -2.11. The molecule has 2 N–H and O–H groups in total. The number of H-pyrrole nitrogens is 1.